The van der Waals surface area contributed by atoms with E-state index >= 15 is 0 Å². The topological polar surface area (TPSA) is 82.5 Å². The van der Waals surface area contributed by atoms with Crippen molar-refractivity contribution in [2.45, 2.75) is 23.4 Å². The van der Waals surface area contributed by atoms with Crippen LogP contribution in [0.2, 0.25) is 0 Å². The van der Waals surface area contributed by atoms with Gasteiger partial charge < -0.3 is 9.99 Å². The third-order valence-corrected chi connectivity index (χ3v) is 5.73. The summed E-state index contributed by atoms with van der Waals surface area (Å²) in [6.07, 6.45) is -4.68. The van der Waals surface area contributed by atoms with Gasteiger partial charge in [-0.25, -0.2) is 9.07 Å². The number of thioether (sulfide) groups is 1. The monoisotopic (exact) mass is 459 g/mol. The fraction of sp³-hybridized carbons (Fsp3) is 0.167. The Morgan fingerprint density at radius 2 is 1.93 bits per heavy atom. The fourth-order valence-electron chi connectivity index (χ4n) is 3.15. The minimum Gasteiger partial charge on any atom is -0.392 e. The zero-order chi connectivity index (χ0) is 21.5. The van der Waals surface area contributed by atoms with Crippen LogP contribution in [0.3, 0.4) is 0 Å². The molecule has 0 atom stereocenters. The van der Waals surface area contributed by atoms with Crippen molar-refractivity contribution in [3.05, 3.63) is 59.0 Å². The molecule has 2 aromatic carbocycles. The minimum atomic E-state index is -4.68. The number of alkyl halides is 3. The number of hydrogen-bond acceptors (Lipinski definition) is 7. The minimum absolute atomic E-state index is 0.00233. The van der Waals surface area contributed by atoms with Crippen LogP contribution in [-0.2, 0) is 22.9 Å². The average Bonchev–Trinajstić information content (AvgIpc) is 3.13. The Balaban J connectivity index is 1.89. The van der Waals surface area contributed by atoms with Crippen LogP contribution in [0.25, 0.3) is 16.9 Å². The lowest BCUT2D eigenvalue weighted by atomic mass is 10.0. The summed E-state index contributed by atoms with van der Waals surface area (Å²) in [6, 6.07) is 8.79. The van der Waals surface area contributed by atoms with Crippen LogP contribution in [0.15, 0.2) is 41.3 Å². The Morgan fingerprint density at radius 1 is 1.20 bits per heavy atom. The van der Waals surface area contributed by atoms with Crippen molar-refractivity contribution >= 4 is 24.0 Å². The van der Waals surface area contributed by atoms with Crippen LogP contribution in [0.5, 0.6) is 5.75 Å². The standard InChI is InChI=1S/C18H13F4N3O3S2/c19-14-9(7-26)1-6-12-13(14)8-29-16-15(12)25(24-17(16)18(20,21)22)10-2-4-11(5-3-10)27-28-30-23/h1-6,26H,7-8,23H2. The van der Waals surface area contributed by atoms with Crippen LogP contribution in [0, 0.1) is 5.82 Å². The van der Waals surface area contributed by atoms with Crippen LogP contribution < -0.4 is 10.0 Å². The van der Waals surface area contributed by atoms with E-state index in [9.17, 15) is 22.7 Å². The SMILES string of the molecule is NSOOc1ccc(-n2nc(C(F)(F)F)c3c2-c2ccc(CO)c(F)c2CS3)cc1. The summed E-state index contributed by atoms with van der Waals surface area (Å²) >= 11 is 1.36. The molecule has 0 radical (unpaired) electrons. The first-order chi connectivity index (χ1) is 14.3. The van der Waals surface area contributed by atoms with E-state index in [1.807, 2.05) is 0 Å². The molecule has 1 aliphatic heterocycles. The van der Waals surface area contributed by atoms with Gasteiger partial charge in [0.25, 0.3) is 0 Å². The van der Waals surface area contributed by atoms with Gasteiger partial charge in [0, 0.05) is 22.4 Å². The third kappa shape index (κ3) is 3.65. The predicted octanol–water partition coefficient (Wildman–Crippen LogP) is 4.63. The number of hydrogen-bond donors (Lipinski definition) is 2. The first-order valence-electron chi connectivity index (χ1n) is 8.40. The second kappa shape index (κ2) is 8.12. The number of benzene rings is 2. The number of aliphatic hydroxyl groups excluding tert-OH is 1. The quantitative estimate of drug-likeness (QED) is 0.189. The normalized spacial score (nSPS) is 13.1. The van der Waals surface area contributed by atoms with Crippen molar-refractivity contribution in [1.29, 1.82) is 0 Å². The first-order valence-corrected chi connectivity index (χ1v) is 10.2. The van der Waals surface area contributed by atoms with Gasteiger partial charge in [0.15, 0.2) is 11.4 Å². The Hall–Kier alpha value is -2.25. The molecule has 6 nitrogen and oxygen atoms in total. The van der Waals surface area contributed by atoms with Gasteiger partial charge in [0.05, 0.1) is 22.9 Å². The lowest BCUT2D eigenvalue weighted by Gasteiger charge is -2.20. The van der Waals surface area contributed by atoms with E-state index in [1.165, 1.54) is 36.4 Å². The van der Waals surface area contributed by atoms with Crippen LogP contribution in [-0.4, -0.2) is 14.9 Å². The van der Waals surface area contributed by atoms with Gasteiger partial charge in [0.2, 0.25) is 0 Å². The number of aromatic nitrogens is 2. The molecule has 30 heavy (non-hydrogen) atoms. The highest BCUT2D eigenvalue weighted by Crippen LogP contribution is 2.49. The molecule has 3 N–H and O–H groups in total. The van der Waals surface area contributed by atoms with E-state index in [1.54, 1.807) is 0 Å². The lowest BCUT2D eigenvalue weighted by molar-refractivity contribution is -0.143. The molecule has 0 saturated heterocycles. The van der Waals surface area contributed by atoms with Crippen LogP contribution in [0.1, 0.15) is 16.8 Å². The van der Waals surface area contributed by atoms with Gasteiger partial charge >= 0.3 is 6.18 Å². The molecule has 0 aliphatic carbocycles. The van der Waals surface area contributed by atoms with Gasteiger partial charge in [-0.3, -0.25) is 5.14 Å². The van der Waals surface area contributed by atoms with Crippen LogP contribution in [0.4, 0.5) is 17.6 Å². The Labute approximate surface area is 176 Å². The van der Waals surface area contributed by atoms with Crippen molar-refractivity contribution in [2.75, 3.05) is 0 Å². The molecule has 1 aromatic heterocycles. The van der Waals surface area contributed by atoms with Gasteiger partial charge in [-0.1, -0.05) is 16.5 Å². The van der Waals surface area contributed by atoms with Gasteiger partial charge in [0.1, 0.15) is 18.0 Å². The molecule has 4 rings (SSSR count). The van der Waals surface area contributed by atoms with Crippen molar-refractivity contribution in [3.63, 3.8) is 0 Å². The highest BCUT2D eigenvalue weighted by molar-refractivity contribution is 7.98. The van der Waals surface area contributed by atoms with E-state index < -0.39 is 24.3 Å². The number of rotatable bonds is 5. The number of fused-ring (bicyclic) bond motifs is 3. The zero-order valence-corrected chi connectivity index (χ0v) is 16.6. The van der Waals surface area contributed by atoms with E-state index in [2.05, 4.69) is 9.43 Å². The molecule has 2 heterocycles. The number of halogens is 4. The second-order valence-electron chi connectivity index (χ2n) is 6.19. The van der Waals surface area contributed by atoms with Crippen LogP contribution >= 0.6 is 24.0 Å². The van der Waals surface area contributed by atoms with Gasteiger partial charge in [-0.15, -0.1) is 11.8 Å². The van der Waals surface area contributed by atoms with Crippen molar-refractivity contribution < 1.29 is 31.9 Å². The molecular weight excluding hydrogens is 446 g/mol. The summed E-state index contributed by atoms with van der Waals surface area (Å²) in [5.74, 6) is -0.352. The van der Waals surface area contributed by atoms with E-state index in [4.69, 9.17) is 10.0 Å². The molecule has 0 spiro atoms. The number of nitrogens with zero attached hydrogens (tertiary/aromatic N) is 2. The summed E-state index contributed by atoms with van der Waals surface area (Å²) in [6.45, 7) is -0.506. The van der Waals surface area contributed by atoms with Gasteiger partial charge in [-0.2, -0.15) is 18.3 Å². The lowest BCUT2D eigenvalue weighted by Crippen LogP contribution is -2.08. The highest BCUT2D eigenvalue weighted by Gasteiger charge is 2.42. The summed E-state index contributed by atoms with van der Waals surface area (Å²) in [7, 11) is 0. The molecule has 0 amide bonds. The second-order valence-corrected chi connectivity index (χ2v) is 7.50. The Morgan fingerprint density at radius 3 is 2.57 bits per heavy atom. The zero-order valence-electron chi connectivity index (χ0n) is 14.9. The average molecular weight is 459 g/mol. The summed E-state index contributed by atoms with van der Waals surface area (Å²) in [4.78, 5) is 4.79. The molecule has 0 fully saturated rings. The molecule has 0 unspecified atom stereocenters. The van der Waals surface area contributed by atoms with E-state index in [-0.39, 0.29) is 33.2 Å². The molecular formula is C18H13F4N3O3S2. The molecule has 3 aromatic rings. The van der Waals surface area contributed by atoms with E-state index in [0.29, 0.717) is 23.5 Å². The molecule has 158 valence electrons. The van der Waals surface area contributed by atoms with E-state index in [0.717, 1.165) is 16.4 Å². The van der Waals surface area contributed by atoms with Crippen molar-refractivity contribution in [2.24, 2.45) is 5.14 Å². The summed E-state index contributed by atoms with van der Waals surface area (Å²) < 4.78 is 61.3. The molecule has 12 heteroatoms. The maximum atomic E-state index is 14.7. The maximum Gasteiger partial charge on any atom is 0.436 e. The highest BCUT2D eigenvalue weighted by atomic mass is 32.2. The summed E-state index contributed by atoms with van der Waals surface area (Å²) in [5.41, 5.74) is 0.0167. The molecule has 0 bridgehead atoms. The smallest absolute Gasteiger partial charge is 0.392 e. The molecule has 0 saturated carbocycles. The van der Waals surface area contributed by atoms with Crippen molar-refractivity contribution in [1.82, 2.24) is 9.78 Å². The molecule has 1 aliphatic rings. The maximum absolute atomic E-state index is 14.7. The number of aliphatic hydroxyl groups is 1. The van der Waals surface area contributed by atoms with Crippen molar-refractivity contribution in [3.8, 4) is 22.7 Å². The Kier molecular flexibility index (Phi) is 5.68. The largest absolute Gasteiger partial charge is 0.436 e. The summed E-state index contributed by atoms with van der Waals surface area (Å²) in [5, 5.41) is 18.2. The Bertz CT molecular complexity index is 1090. The third-order valence-electron chi connectivity index (χ3n) is 4.47. The predicted molar refractivity (Wildman–Crippen MR) is 103 cm³/mol. The number of nitrogens with two attached hydrogens (primary N) is 1. The first kappa shape index (κ1) is 21.0. The van der Waals surface area contributed by atoms with Gasteiger partial charge in [-0.05, 0) is 24.3 Å². The fourth-order valence-corrected chi connectivity index (χ4v) is 4.47.